The Morgan fingerprint density at radius 3 is 2.96 bits per heavy atom. The van der Waals surface area contributed by atoms with Crippen molar-refractivity contribution in [1.29, 1.82) is 0 Å². The molecule has 1 unspecified atom stereocenters. The van der Waals surface area contributed by atoms with Crippen molar-refractivity contribution in [3.05, 3.63) is 54.0 Å². The SMILES string of the molecule is Oc1ccccc1Cc1nc2cccnc2n1CC1CCCN1. The van der Waals surface area contributed by atoms with Gasteiger partial charge >= 0.3 is 0 Å². The number of phenolic OH excluding ortho intramolecular Hbond substituents is 1. The quantitative estimate of drug-likeness (QED) is 0.777. The van der Waals surface area contributed by atoms with Gasteiger partial charge in [-0.25, -0.2) is 9.97 Å². The number of pyridine rings is 1. The molecular weight excluding hydrogens is 288 g/mol. The number of fused-ring (bicyclic) bond motifs is 1. The number of hydrogen-bond acceptors (Lipinski definition) is 4. The van der Waals surface area contributed by atoms with Crippen molar-refractivity contribution in [2.75, 3.05) is 6.54 Å². The average Bonchev–Trinajstić information content (AvgIpc) is 3.19. The maximum atomic E-state index is 10.1. The van der Waals surface area contributed by atoms with Crippen LogP contribution < -0.4 is 5.32 Å². The van der Waals surface area contributed by atoms with Gasteiger partial charge in [0.05, 0.1) is 0 Å². The van der Waals surface area contributed by atoms with Crippen LogP contribution in [-0.4, -0.2) is 32.2 Å². The molecule has 0 bridgehead atoms. The highest BCUT2D eigenvalue weighted by atomic mass is 16.3. The molecule has 5 nitrogen and oxygen atoms in total. The van der Waals surface area contributed by atoms with Crippen LogP contribution in [0.15, 0.2) is 42.6 Å². The highest BCUT2D eigenvalue weighted by Gasteiger charge is 2.19. The molecule has 0 spiro atoms. The Morgan fingerprint density at radius 1 is 1.22 bits per heavy atom. The molecule has 3 heterocycles. The summed E-state index contributed by atoms with van der Waals surface area (Å²) >= 11 is 0. The maximum Gasteiger partial charge on any atom is 0.160 e. The fourth-order valence-electron chi connectivity index (χ4n) is 3.30. The lowest BCUT2D eigenvalue weighted by molar-refractivity contribution is 0.467. The summed E-state index contributed by atoms with van der Waals surface area (Å²) in [4.78, 5) is 9.27. The van der Waals surface area contributed by atoms with Crippen LogP contribution in [0.2, 0.25) is 0 Å². The van der Waals surface area contributed by atoms with Crippen LogP contribution in [-0.2, 0) is 13.0 Å². The van der Waals surface area contributed by atoms with E-state index < -0.39 is 0 Å². The number of nitrogens with one attached hydrogen (secondary N) is 1. The molecule has 1 atom stereocenters. The highest BCUT2D eigenvalue weighted by Crippen LogP contribution is 2.23. The molecule has 1 aliphatic heterocycles. The minimum absolute atomic E-state index is 0.318. The van der Waals surface area contributed by atoms with E-state index in [9.17, 15) is 5.11 Å². The molecule has 3 aromatic rings. The summed E-state index contributed by atoms with van der Waals surface area (Å²) < 4.78 is 2.20. The molecule has 5 heteroatoms. The average molecular weight is 308 g/mol. The van der Waals surface area contributed by atoms with E-state index in [-0.39, 0.29) is 0 Å². The summed E-state index contributed by atoms with van der Waals surface area (Å²) in [5, 5.41) is 13.6. The Morgan fingerprint density at radius 2 is 2.13 bits per heavy atom. The molecule has 0 aliphatic carbocycles. The normalized spacial score (nSPS) is 17.8. The number of aromatic nitrogens is 3. The van der Waals surface area contributed by atoms with Crippen molar-refractivity contribution in [1.82, 2.24) is 19.9 Å². The van der Waals surface area contributed by atoms with Crippen LogP contribution >= 0.6 is 0 Å². The molecule has 0 radical (unpaired) electrons. The van der Waals surface area contributed by atoms with Crippen LogP contribution in [0, 0.1) is 0 Å². The summed E-state index contributed by atoms with van der Waals surface area (Å²) in [5.41, 5.74) is 2.73. The number of phenols is 1. The molecule has 2 aromatic heterocycles. The van der Waals surface area contributed by atoms with Crippen molar-refractivity contribution in [2.45, 2.75) is 31.8 Å². The third kappa shape index (κ3) is 2.80. The molecule has 4 rings (SSSR count). The van der Waals surface area contributed by atoms with Crippen molar-refractivity contribution in [2.24, 2.45) is 0 Å². The lowest BCUT2D eigenvalue weighted by Gasteiger charge is -2.14. The molecule has 118 valence electrons. The largest absolute Gasteiger partial charge is 0.508 e. The zero-order valence-electron chi connectivity index (χ0n) is 12.9. The van der Waals surface area contributed by atoms with E-state index >= 15 is 0 Å². The zero-order valence-corrected chi connectivity index (χ0v) is 12.9. The molecule has 23 heavy (non-hydrogen) atoms. The number of benzene rings is 1. The van der Waals surface area contributed by atoms with Gasteiger partial charge in [-0.3, -0.25) is 0 Å². The number of hydrogen-bond donors (Lipinski definition) is 2. The third-order valence-electron chi connectivity index (χ3n) is 4.49. The molecule has 1 aromatic carbocycles. The first-order chi connectivity index (χ1) is 11.3. The molecule has 0 saturated carbocycles. The van der Waals surface area contributed by atoms with Crippen LogP contribution in [0.25, 0.3) is 11.2 Å². The van der Waals surface area contributed by atoms with E-state index in [0.29, 0.717) is 18.2 Å². The van der Waals surface area contributed by atoms with Gasteiger partial charge in [0.15, 0.2) is 5.65 Å². The van der Waals surface area contributed by atoms with Crippen LogP contribution in [0.3, 0.4) is 0 Å². The van der Waals surface area contributed by atoms with Crippen LogP contribution in [0.1, 0.15) is 24.2 Å². The third-order valence-corrected chi connectivity index (χ3v) is 4.49. The van der Waals surface area contributed by atoms with Gasteiger partial charge in [-0.2, -0.15) is 0 Å². The number of imidazole rings is 1. The van der Waals surface area contributed by atoms with Gasteiger partial charge in [-0.05, 0) is 37.6 Å². The second-order valence-electron chi connectivity index (χ2n) is 6.08. The molecule has 0 amide bonds. The van der Waals surface area contributed by atoms with E-state index in [1.54, 1.807) is 6.07 Å². The standard InChI is InChI=1S/C18H20N4O/c23-16-8-2-1-5-13(16)11-17-21-15-7-4-10-20-18(15)22(17)12-14-6-3-9-19-14/h1-2,4-5,7-8,10,14,19,23H,3,6,9,11-12H2. The van der Waals surface area contributed by atoms with E-state index in [1.165, 1.54) is 12.8 Å². The number of rotatable bonds is 4. The van der Waals surface area contributed by atoms with Gasteiger partial charge < -0.3 is 15.0 Å². The first-order valence-corrected chi connectivity index (χ1v) is 8.11. The summed E-state index contributed by atoms with van der Waals surface area (Å²) in [6, 6.07) is 11.8. The Bertz CT molecular complexity index is 821. The summed E-state index contributed by atoms with van der Waals surface area (Å²) in [6.07, 6.45) is 4.82. The topological polar surface area (TPSA) is 63.0 Å². The zero-order chi connectivity index (χ0) is 15.6. The number of nitrogens with zero attached hydrogens (tertiary/aromatic N) is 3. The smallest absolute Gasteiger partial charge is 0.160 e. The van der Waals surface area contributed by atoms with Gasteiger partial charge in [0.2, 0.25) is 0 Å². The second-order valence-corrected chi connectivity index (χ2v) is 6.08. The van der Waals surface area contributed by atoms with Gasteiger partial charge in [0, 0.05) is 30.8 Å². The lowest BCUT2D eigenvalue weighted by atomic mass is 10.1. The minimum Gasteiger partial charge on any atom is -0.508 e. The Kier molecular flexibility index (Phi) is 3.71. The fraction of sp³-hybridized carbons (Fsp3) is 0.333. The molecule has 1 saturated heterocycles. The van der Waals surface area contributed by atoms with Crippen LogP contribution in [0.5, 0.6) is 5.75 Å². The minimum atomic E-state index is 0.318. The number of para-hydroxylation sites is 1. The molecule has 2 N–H and O–H groups in total. The van der Waals surface area contributed by atoms with Gasteiger partial charge in [0.25, 0.3) is 0 Å². The highest BCUT2D eigenvalue weighted by molar-refractivity contribution is 5.71. The first kappa shape index (κ1) is 14.2. The van der Waals surface area contributed by atoms with E-state index in [1.807, 2.05) is 36.5 Å². The van der Waals surface area contributed by atoms with Crippen molar-refractivity contribution in [3.8, 4) is 5.75 Å². The van der Waals surface area contributed by atoms with E-state index in [2.05, 4.69) is 14.9 Å². The van der Waals surface area contributed by atoms with Crippen LogP contribution in [0.4, 0.5) is 0 Å². The molecule has 1 aliphatic rings. The first-order valence-electron chi connectivity index (χ1n) is 8.11. The van der Waals surface area contributed by atoms with E-state index in [0.717, 1.165) is 35.6 Å². The fourth-order valence-corrected chi connectivity index (χ4v) is 3.30. The lowest BCUT2D eigenvalue weighted by Crippen LogP contribution is -2.27. The Balaban J connectivity index is 1.73. The maximum absolute atomic E-state index is 10.1. The molecular formula is C18H20N4O. The van der Waals surface area contributed by atoms with E-state index in [4.69, 9.17) is 4.98 Å². The number of aromatic hydroxyl groups is 1. The van der Waals surface area contributed by atoms with Gasteiger partial charge in [-0.15, -0.1) is 0 Å². The predicted molar refractivity (Wildman–Crippen MR) is 89.5 cm³/mol. The second kappa shape index (κ2) is 6.01. The van der Waals surface area contributed by atoms with Crippen molar-refractivity contribution < 1.29 is 5.11 Å². The Labute approximate surface area is 135 Å². The van der Waals surface area contributed by atoms with Crippen molar-refractivity contribution in [3.63, 3.8) is 0 Å². The van der Waals surface area contributed by atoms with Gasteiger partial charge in [-0.1, -0.05) is 18.2 Å². The summed E-state index contributed by atoms with van der Waals surface area (Å²) in [6.45, 7) is 1.95. The summed E-state index contributed by atoms with van der Waals surface area (Å²) in [5.74, 6) is 1.27. The van der Waals surface area contributed by atoms with Gasteiger partial charge in [0.1, 0.15) is 17.1 Å². The van der Waals surface area contributed by atoms with Crippen molar-refractivity contribution >= 4 is 11.2 Å². The summed E-state index contributed by atoms with van der Waals surface area (Å²) in [7, 11) is 0. The molecule has 1 fully saturated rings. The Hall–Kier alpha value is -2.40. The monoisotopic (exact) mass is 308 g/mol. The predicted octanol–water partition coefficient (Wildman–Crippen LogP) is 2.48.